The van der Waals surface area contributed by atoms with Gasteiger partial charge in [0.05, 0.1) is 5.56 Å². The Bertz CT molecular complexity index is 1110. The molecule has 4 aromatic rings. The van der Waals surface area contributed by atoms with Crippen LogP contribution in [0.2, 0.25) is 0 Å². The molecule has 0 saturated carbocycles. The summed E-state index contributed by atoms with van der Waals surface area (Å²) in [6.07, 6.45) is 0. The highest BCUT2D eigenvalue weighted by Gasteiger charge is 2.14. The number of nitrogens with one attached hydrogen (secondary N) is 1. The summed E-state index contributed by atoms with van der Waals surface area (Å²) in [5.74, 6) is 0.375. The molecule has 0 fully saturated rings. The average molecular weight is 389 g/mol. The first-order chi connectivity index (χ1) is 14.2. The Morgan fingerprint density at radius 3 is 2.48 bits per heavy atom. The Morgan fingerprint density at radius 1 is 0.966 bits per heavy atom. The molecule has 0 radical (unpaired) electrons. The lowest BCUT2D eigenvalue weighted by Crippen LogP contribution is -2.13. The van der Waals surface area contributed by atoms with Gasteiger partial charge in [0.25, 0.3) is 11.8 Å². The van der Waals surface area contributed by atoms with Gasteiger partial charge in [-0.15, -0.1) is 0 Å². The molecule has 0 aliphatic heterocycles. The van der Waals surface area contributed by atoms with Crippen LogP contribution in [0.25, 0.3) is 11.4 Å². The molecule has 29 heavy (non-hydrogen) atoms. The first-order valence-corrected chi connectivity index (χ1v) is 8.86. The zero-order valence-corrected chi connectivity index (χ0v) is 15.2. The highest BCUT2D eigenvalue weighted by molar-refractivity contribution is 6.06. The van der Waals surface area contributed by atoms with Gasteiger partial charge in [-0.2, -0.15) is 4.98 Å². The number of nitrogens with zero attached hydrogens (tertiary/aromatic N) is 2. The Labute approximate surface area is 166 Å². The van der Waals surface area contributed by atoms with Crippen molar-refractivity contribution in [1.82, 2.24) is 10.1 Å². The standard InChI is InChI=1S/C22H16FN3O3/c23-16-10-12-17(13-11-16)24-22(27)18-8-4-5-9-19(18)28-14-20-25-21(26-29-20)15-6-2-1-3-7-15/h1-13H,14H2,(H,24,27). The number of aromatic nitrogens is 2. The molecule has 0 aliphatic rings. The van der Waals surface area contributed by atoms with E-state index in [2.05, 4.69) is 15.5 Å². The summed E-state index contributed by atoms with van der Waals surface area (Å²) in [5, 5.41) is 6.66. The van der Waals surface area contributed by atoms with Crippen molar-refractivity contribution in [3.63, 3.8) is 0 Å². The fourth-order valence-electron chi connectivity index (χ4n) is 2.67. The van der Waals surface area contributed by atoms with Gasteiger partial charge < -0.3 is 14.6 Å². The molecule has 3 aromatic carbocycles. The number of hydrogen-bond acceptors (Lipinski definition) is 5. The molecular formula is C22H16FN3O3. The largest absolute Gasteiger partial charge is 0.483 e. The van der Waals surface area contributed by atoms with Crippen LogP contribution in [0.4, 0.5) is 10.1 Å². The van der Waals surface area contributed by atoms with E-state index in [4.69, 9.17) is 9.26 Å². The van der Waals surface area contributed by atoms with Crippen LogP contribution in [0.15, 0.2) is 83.4 Å². The Hall–Kier alpha value is -4.00. The van der Waals surface area contributed by atoms with Gasteiger partial charge in [-0.05, 0) is 36.4 Å². The third-order valence-electron chi connectivity index (χ3n) is 4.08. The van der Waals surface area contributed by atoms with Crippen LogP contribution in [0.1, 0.15) is 16.2 Å². The van der Waals surface area contributed by atoms with Gasteiger partial charge in [0.1, 0.15) is 11.6 Å². The second-order valence-electron chi connectivity index (χ2n) is 6.12. The van der Waals surface area contributed by atoms with E-state index in [0.29, 0.717) is 22.8 Å². The first kappa shape index (κ1) is 18.4. The van der Waals surface area contributed by atoms with Crippen LogP contribution in [-0.4, -0.2) is 16.0 Å². The zero-order chi connectivity index (χ0) is 20.1. The van der Waals surface area contributed by atoms with Gasteiger partial charge in [0.15, 0.2) is 6.61 Å². The molecule has 0 aliphatic carbocycles. The number of benzene rings is 3. The molecule has 0 unspecified atom stereocenters. The van der Waals surface area contributed by atoms with Crippen molar-refractivity contribution in [3.05, 3.63) is 96.1 Å². The van der Waals surface area contributed by atoms with Crippen molar-refractivity contribution in [2.75, 3.05) is 5.32 Å². The van der Waals surface area contributed by atoms with E-state index in [1.54, 1.807) is 24.3 Å². The zero-order valence-electron chi connectivity index (χ0n) is 15.2. The second-order valence-corrected chi connectivity index (χ2v) is 6.12. The van der Waals surface area contributed by atoms with Gasteiger partial charge in [-0.3, -0.25) is 4.79 Å². The number of halogens is 1. The van der Waals surface area contributed by atoms with E-state index in [1.165, 1.54) is 24.3 Å². The maximum atomic E-state index is 13.0. The molecule has 4 rings (SSSR count). The number of carbonyl (C=O) groups excluding carboxylic acids is 1. The van der Waals surface area contributed by atoms with Gasteiger partial charge >= 0.3 is 0 Å². The maximum absolute atomic E-state index is 13.0. The summed E-state index contributed by atoms with van der Waals surface area (Å²) in [4.78, 5) is 16.9. The van der Waals surface area contributed by atoms with Crippen LogP contribution in [0.5, 0.6) is 5.75 Å². The van der Waals surface area contributed by atoms with Gasteiger partial charge in [0.2, 0.25) is 5.82 Å². The minimum absolute atomic E-state index is 0.0146. The highest BCUT2D eigenvalue weighted by atomic mass is 19.1. The quantitative estimate of drug-likeness (QED) is 0.517. The fourth-order valence-corrected chi connectivity index (χ4v) is 2.67. The normalized spacial score (nSPS) is 10.5. The number of anilines is 1. The van der Waals surface area contributed by atoms with Crippen molar-refractivity contribution in [2.24, 2.45) is 0 Å². The van der Waals surface area contributed by atoms with Gasteiger partial charge in [-0.1, -0.05) is 47.6 Å². The molecule has 144 valence electrons. The molecule has 1 amide bonds. The fraction of sp³-hybridized carbons (Fsp3) is 0.0455. The van der Waals surface area contributed by atoms with Crippen molar-refractivity contribution in [3.8, 4) is 17.1 Å². The van der Waals surface area contributed by atoms with E-state index < -0.39 is 0 Å². The van der Waals surface area contributed by atoms with Crippen molar-refractivity contribution in [1.29, 1.82) is 0 Å². The summed E-state index contributed by atoms with van der Waals surface area (Å²) in [6.45, 7) is 0.0146. The van der Waals surface area contributed by atoms with Crippen LogP contribution in [0, 0.1) is 5.82 Å². The van der Waals surface area contributed by atoms with E-state index in [9.17, 15) is 9.18 Å². The molecule has 0 spiro atoms. The monoisotopic (exact) mass is 389 g/mol. The molecule has 7 heteroatoms. The van der Waals surface area contributed by atoms with E-state index in [1.807, 2.05) is 30.3 Å². The van der Waals surface area contributed by atoms with E-state index >= 15 is 0 Å². The third kappa shape index (κ3) is 4.47. The lowest BCUT2D eigenvalue weighted by atomic mass is 10.2. The summed E-state index contributed by atoms with van der Waals surface area (Å²) < 4.78 is 24.0. The number of carbonyl (C=O) groups is 1. The summed E-state index contributed by atoms with van der Waals surface area (Å²) >= 11 is 0. The third-order valence-corrected chi connectivity index (χ3v) is 4.08. The number of amides is 1. The summed E-state index contributed by atoms with van der Waals surface area (Å²) in [5.41, 5.74) is 1.65. The predicted octanol–water partition coefficient (Wildman–Crippen LogP) is 4.71. The molecule has 0 saturated heterocycles. The Kier molecular flexibility index (Phi) is 5.29. The topological polar surface area (TPSA) is 77.2 Å². The number of ether oxygens (including phenoxy) is 1. The second kappa shape index (κ2) is 8.35. The summed E-state index contributed by atoms with van der Waals surface area (Å²) in [6, 6.07) is 21.8. The van der Waals surface area contributed by atoms with Crippen molar-refractivity contribution in [2.45, 2.75) is 6.61 Å². The molecule has 0 atom stereocenters. The molecule has 1 N–H and O–H groups in total. The van der Waals surface area contributed by atoms with E-state index in [-0.39, 0.29) is 24.2 Å². The molecular weight excluding hydrogens is 373 g/mol. The summed E-state index contributed by atoms with van der Waals surface area (Å²) in [7, 11) is 0. The highest BCUT2D eigenvalue weighted by Crippen LogP contribution is 2.22. The average Bonchev–Trinajstić information content (AvgIpc) is 3.24. The maximum Gasteiger partial charge on any atom is 0.264 e. The first-order valence-electron chi connectivity index (χ1n) is 8.86. The van der Waals surface area contributed by atoms with Crippen molar-refractivity contribution >= 4 is 11.6 Å². The lowest BCUT2D eigenvalue weighted by molar-refractivity contribution is 0.102. The van der Waals surface area contributed by atoms with Crippen LogP contribution in [-0.2, 0) is 6.61 Å². The number of hydrogen-bond donors (Lipinski definition) is 1. The smallest absolute Gasteiger partial charge is 0.264 e. The van der Waals surface area contributed by atoms with E-state index in [0.717, 1.165) is 5.56 Å². The molecule has 1 aromatic heterocycles. The minimum atomic E-state index is -0.374. The van der Waals surface area contributed by atoms with Crippen molar-refractivity contribution < 1.29 is 18.4 Å². The van der Waals surface area contributed by atoms with Gasteiger partial charge in [-0.25, -0.2) is 4.39 Å². The Morgan fingerprint density at radius 2 is 1.69 bits per heavy atom. The molecule has 0 bridgehead atoms. The molecule has 1 heterocycles. The lowest BCUT2D eigenvalue weighted by Gasteiger charge is -2.10. The number of para-hydroxylation sites is 1. The van der Waals surface area contributed by atoms with Crippen LogP contribution >= 0.6 is 0 Å². The minimum Gasteiger partial charge on any atom is -0.483 e. The number of rotatable bonds is 6. The Balaban J connectivity index is 1.45. The molecule has 6 nitrogen and oxygen atoms in total. The SMILES string of the molecule is O=C(Nc1ccc(F)cc1)c1ccccc1OCc1nc(-c2ccccc2)no1. The van der Waals surface area contributed by atoms with Gasteiger partial charge in [0, 0.05) is 11.3 Å². The van der Waals surface area contributed by atoms with Crippen LogP contribution in [0.3, 0.4) is 0 Å². The predicted molar refractivity (Wildman–Crippen MR) is 105 cm³/mol. The van der Waals surface area contributed by atoms with Crippen LogP contribution < -0.4 is 10.1 Å².